The zero-order valence-corrected chi connectivity index (χ0v) is 14.5. The summed E-state index contributed by atoms with van der Waals surface area (Å²) in [4.78, 5) is 27.6. The largest absolute Gasteiger partial charge is 0.465 e. The summed E-state index contributed by atoms with van der Waals surface area (Å²) in [6.07, 6.45) is 3.26. The van der Waals surface area contributed by atoms with Crippen LogP contribution in [0.2, 0.25) is 0 Å². The van der Waals surface area contributed by atoms with E-state index in [1.54, 1.807) is 48.8 Å². The van der Waals surface area contributed by atoms with Crippen LogP contribution in [0.1, 0.15) is 10.4 Å². The Kier molecular flexibility index (Phi) is 5.59. The topological polar surface area (TPSA) is 107 Å². The fourth-order valence-corrected chi connectivity index (χ4v) is 2.60. The maximum absolute atomic E-state index is 12.1. The van der Waals surface area contributed by atoms with Gasteiger partial charge in [0.1, 0.15) is 0 Å². The SMILES string of the molecule is COC(=O)c1cccc(NC(=O)CSc2nnc(-c3cccnc3)o2)c1. The number of hydrogen-bond acceptors (Lipinski definition) is 8. The molecule has 0 atom stereocenters. The molecule has 1 aromatic carbocycles. The lowest BCUT2D eigenvalue weighted by atomic mass is 10.2. The Morgan fingerprint density at radius 1 is 1.23 bits per heavy atom. The van der Waals surface area contributed by atoms with Crippen molar-refractivity contribution in [3.63, 3.8) is 0 Å². The van der Waals surface area contributed by atoms with Gasteiger partial charge in [0.25, 0.3) is 5.22 Å². The van der Waals surface area contributed by atoms with E-state index >= 15 is 0 Å². The molecule has 0 fully saturated rings. The molecular formula is C17H14N4O4S. The van der Waals surface area contributed by atoms with E-state index in [9.17, 15) is 9.59 Å². The molecule has 0 aliphatic rings. The highest BCUT2D eigenvalue weighted by Crippen LogP contribution is 2.22. The van der Waals surface area contributed by atoms with Crippen molar-refractivity contribution in [3.8, 4) is 11.5 Å². The minimum Gasteiger partial charge on any atom is -0.465 e. The summed E-state index contributed by atoms with van der Waals surface area (Å²) in [6, 6.07) is 10.1. The number of benzene rings is 1. The molecule has 132 valence electrons. The van der Waals surface area contributed by atoms with Crippen LogP contribution in [0.3, 0.4) is 0 Å². The van der Waals surface area contributed by atoms with Gasteiger partial charge in [0.15, 0.2) is 0 Å². The minimum absolute atomic E-state index is 0.0805. The molecule has 0 spiro atoms. The van der Waals surface area contributed by atoms with Gasteiger partial charge in [0, 0.05) is 18.1 Å². The van der Waals surface area contributed by atoms with Crippen LogP contribution in [-0.4, -0.2) is 39.9 Å². The van der Waals surface area contributed by atoms with E-state index < -0.39 is 5.97 Å². The second-order valence-electron chi connectivity index (χ2n) is 5.02. The normalized spacial score (nSPS) is 10.3. The molecule has 0 radical (unpaired) electrons. The molecule has 26 heavy (non-hydrogen) atoms. The van der Waals surface area contributed by atoms with E-state index in [-0.39, 0.29) is 16.9 Å². The van der Waals surface area contributed by atoms with Crippen molar-refractivity contribution < 1.29 is 18.7 Å². The molecule has 0 unspecified atom stereocenters. The van der Waals surface area contributed by atoms with Crippen molar-refractivity contribution in [2.75, 3.05) is 18.2 Å². The number of methoxy groups -OCH3 is 1. The lowest BCUT2D eigenvalue weighted by Gasteiger charge is -2.05. The number of ether oxygens (including phenoxy) is 1. The first-order chi connectivity index (χ1) is 12.7. The number of nitrogens with zero attached hydrogens (tertiary/aromatic N) is 3. The summed E-state index contributed by atoms with van der Waals surface area (Å²) in [5.41, 5.74) is 1.56. The quantitative estimate of drug-likeness (QED) is 0.521. The summed E-state index contributed by atoms with van der Waals surface area (Å²) in [6.45, 7) is 0. The molecule has 0 saturated carbocycles. The van der Waals surface area contributed by atoms with Gasteiger partial charge in [-0.05, 0) is 30.3 Å². The van der Waals surface area contributed by atoms with Crippen molar-refractivity contribution >= 4 is 29.3 Å². The predicted molar refractivity (Wildman–Crippen MR) is 94.7 cm³/mol. The van der Waals surface area contributed by atoms with Crippen LogP contribution in [0, 0.1) is 0 Å². The second-order valence-corrected chi connectivity index (χ2v) is 5.95. The number of nitrogens with one attached hydrogen (secondary N) is 1. The fourth-order valence-electron chi connectivity index (χ4n) is 2.04. The summed E-state index contributed by atoms with van der Waals surface area (Å²) >= 11 is 1.11. The van der Waals surface area contributed by atoms with Gasteiger partial charge < -0.3 is 14.5 Å². The first-order valence-corrected chi connectivity index (χ1v) is 8.49. The number of aromatic nitrogens is 3. The maximum Gasteiger partial charge on any atom is 0.337 e. The van der Waals surface area contributed by atoms with Gasteiger partial charge >= 0.3 is 5.97 Å². The number of hydrogen-bond donors (Lipinski definition) is 1. The van der Waals surface area contributed by atoms with Gasteiger partial charge in [-0.15, -0.1) is 10.2 Å². The Morgan fingerprint density at radius 3 is 2.88 bits per heavy atom. The van der Waals surface area contributed by atoms with E-state index in [0.717, 1.165) is 11.8 Å². The summed E-state index contributed by atoms with van der Waals surface area (Å²) in [7, 11) is 1.30. The lowest BCUT2D eigenvalue weighted by Crippen LogP contribution is -2.14. The molecule has 1 N–H and O–H groups in total. The van der Waals surface area contributed by atoms with Crippen LogP contribution in [-0.2, 0) is 9.53 Å². The Hall–Kier alpha value is -3.20. The predicted octanol–water partition coefficient (Wildman–Crippen LogP) is 2.65. The van der Waals surface area contributed by atoms with Crippen LogP contribution in [0.25, 0.3) is 11.5 Å². The first kappa shape index (κ1) is 17.6. The van der Waals surface area contributed by atoms with Crippen molar-refractivity contribution in [2.45, 2.75) is 5.22 Å². The fraction of sp³-hybridized carbons (Fsp3) is 0.118. The third-order valence-corrected chi connectivity index (χ3v) is 4.03. The van der Waals surface area contributed by atoms with E-state index in [1.165, 1.54) is 7.11 Å². The van der Waals surface area contributed by atoms with Crippen LogP contribution < -0.4 is 5.32 Å². The van der Waals surface area contributed by atoms with Crippen molar-refractivity contribution in [1.82, 2.24) is 15.2 Å². The van der Waals surface area contributed by atoms with Gasteiger partial charge in [-0.1, -0.05) is 17.8 Å². The number of pyridine rings is 1. The van der Waals surface area contributed by atoms with Crippen molar-refractivity contribution in [1.29, 1.82) is 0 Å². The zero-order chi connectivity index (χ0) is 18.4. The number of amides is 1. The number of carbonyl (C=O) groups excluding carboxylic acids is 2. The van der Waals surface area contributed by atoms with Gasteiger partial charge in [-0.25, -0.2) is 4.79 Å². The molecule has 0 aliphatic carbocycles. The van der Waals surface area contributed by atoms with Gasteiger partial charge in [-0.3, -0.25) is 9.78 Å². The standard InChI is InChI=1S/C17H14N4O4S/c1-24-16(23)11-4-2-6-13(8-11)19-14(22)10-26-17-21-20-15(25-17)12-5-3-7-18-9-12/h2-9H,10H2,1H3,(H,19,22). The van der Waals surface area contributed by atoms with E-state index in [0.29, 0.717) is 22.7 Å². The highest BCUT2D eigenvalue weighted by molar-refractivity contribution is 7.99. The molecule has 0 saturated heterocycles. The first-order valence-electron chi connectivity index (χ1n) is 7.50. The summed E-state index contributed by atoms with van der Waals surface area (Å²) in [5, 5.41) is 10.8. The van der Waals surface area contributed by atoms with Gasteiger partial charge in [0.2, 0.25) is 11.8 Å². The highest BCUT2D eigenvalue weighted by atomic mass is 32.2. The van der Waals surface area contributed by atoms with Crippen molar-refractivity contribution in [3.05, 3.63) is 54.4 Å². The van der Waals surface area contributed by atoms with Crippen LogP contribution >= 0.6 is 11.8 Å². The Bertz CT molecular complexity index is 914. The second kappa shape index (κ2) is 8.26. The van der Waals surface area contributed by atoms with Crippen LogP contribution in [0.5, 0.6) is 0 Å². The molecule has 8 nitrogen and oxygen atoms in total. The Morgan fingerprint density at radius 2 is 2.12 bits per heavy atom. The minimum atomic E-state index is -0.468. The molecule has 3 aromatic rings. The van der Waals surface area contributed by atoms with Crippen LogP contribution in [0.4, 0.5) is 5.69 Å². The average molecular weight is 370 g/mol. The number of anilines is 1. The summed E-state index contributed by atoms with van der Waals surface area (Å²) in [5.74, 6) is -0.314. The molecular weight excluding hydrogens is 356 g/mol. The lowest BCUT2D eigenvalue weighted by molar-refractivity contribution is -0.113. The number of carbonyl (C=O) groups is 2. The van der Waals surface area contributed by atoms with Crippen molar-refractivity contribution in [2.24, 2.45) is 0 Å². The van der Waals surface area contributed by atoms with E-state index in [1.807, 2.05) is 0 Å². The number of rotatable bonds is 6. The van der Waals surface area contributed by atoms with E-state index in [4.69, 9.17) is 4.42 Å². The maximum atomic E-state index is 12.1. The molecule has 3 rings (SSSR count). The average Bonchev–Trinajstić information content (AvgIpc) is 3.16. The summed E-state index contributed by atoms with van der Waals surface area (Å²) < 4.78 is 10.1. The molecule has 0 aliphatic heterocycles. The monoisotopic (exact) mass is 370 g/mol. The smallest absolute Gasteiger partial charge is 0.337 e. The molecule has 2 heterocycles. The molecule has 2 aromatic heterocycles. The zero-order valence-electron chi connectivity index (χ0n) is 13.7. The molecule has 1 amide bonds. The Balaban J connectivity index is 1.56. The Labute approximate surface area is 153 Å². The number of esters is 1. The van der Waals surface area contributed by atoms with Gasteiger partial charge in [0.05, 0.1) is 24.0 Å². The molecule has 9 heteroatoms. The van der Waals surface area contributed by atoms with E-state index in [2.05, 4.69) is 25.2 Å². The molecule has 0 bridgehead atoms. The van der Waals surface area contributed by atoms with Gasteiger partial charge in [-0.2, -0.15) is 0 Å². The highest BCUT2D eigenvalue weighted by Gasteiger charge is 2.12. The number of thioether (sulfide) groups is 1. The third kappa shape index (κ3) is 4.45. The third-order valence-electron chi connectivity index (χ3n) is 3.21. The van der Waals surface area contributed by atoms with Crippen LogP contribution in [0.15, 0.2) is 58.4 Å².